The maximum Gasteiger partial charge on any atom is 0.331 e. The average Bonchev–Trinajstić information content (AvgIpc) is 2.82. The first-order valence-corrected chi connectivity index (χ1v) is 12.0. The first-order chi connectivity index (χ1) is 17.7. The molecule has 0 aromatic heterocycles. The van der Waals surface area contributed by atoms with Gasteiger partial charge in [0, 0.05) is 29.0 Å². The second-order valence-corrected chi connectivity index (χ2v) is 9.15. The summed E-state index contributed by atoms with van der Waals surface area (Å²) in [7, 11) is 0.889. The second-order valence-electron chi connectivity index (χ2n) is 9.15. The van der Waals surface area contributed by atoms with Crippen molar-refractivity contribution in [2.75, 3.05) is 40.0 Å². The van der Waals surface area contributed by atoms with Crippen molar-refractivity contribution in [3.05, 3.63) is 62.7 Å². The minimum Gasteiger partial charge on any atom is -0.444 e. The lowest BCUT2D eigenvalue weighted by Crippen LogP contribution is -2.49. The SMILES string of the molecule is C=CC(=O)OC(C(=O)NC(C)(C)COCC(C)(C)COCCN)c1ccccc1[N+](=O)[O-].CC.C[N+](=O)[O-]. The number of benzene rings is 1. The van der Waals surface area contributed by atoms with Gasteiger partial charge in [-0.2, -0.15) is 0 Å². The van der Waals surface area contributed by atoms with E-state index in [0.717, 1.165) is 13.1 Å². The zero-order valence-electron chi connectivity index (χ0n) is 23.4. The molecule has 1 aromatic carbocycles. The van der Waals surface area contributed by atoms with Gasteiger partial charge in [0.15, 0.2) is 7.05 Å². The van der Waals surface area contributed by atoms with Gasteiger partial charge in [-0.1, -0.05) is 46.4 Å². The van der Waals surface area contributed by atoms with E-state index in [4.69, 9.17) is 30.1 Å². The Balaban J connectivity index is 0. The van der Waals surface area contributed by atoms with E-state index in [0.29, 0.717) is 26.4 Å². The Bertz CT molecular complexity index is 901. The van der Waals surface area contributed by atoms with Gasteiger partial charge in [0.25, 0.3) is 11.6 Å². The first kappa shape index (κ1) is 36.7. The number of hydrogen-bond acceptors (Lipinski definition) is 10. The molecule has 0 aliphatic heterocycles. The summed E-state index contributed by atoms with van der Waals surface area (Å²) in [6.07, 6.45) is -0.638. The molecular weight excluding hydrogens is 500 g/mol. The van der Waals surface area contributed by atoms with E-state index in [1.807, 2.05) is 27.7 Å². The van der Waals surface area contributed by atoms with Crippen LogP contribution in [0.25, 0.3) is 0 Å². The molecule has 216 valence electrons. The predicted molar refractivity (Wildman–Crippen MR) is 143 cm³/mol. The number of esters is 1. The maximum absolute atomic E-state index is 13.0. The van der Waals surface area contributed by atoms with Crippen molar-refractivity contribution in [1.29, 1.82) is 0 Å². The van der Waals surface area contributed by atoms with Gasteiger partial charge < -0.3 is 25.3 Å². The fourth-order valence-electron chi connectivity index (χ4n) is 2.79. The van der Waals surface area contributed by atoms with Crippen molar-refractivity contribution >= 4 is 17.6 Å². The molecule has 13 heteroatoms. The third-order valence-corrected chi connectivity index (χ3v) is 4.23. The van der Waals surface area contributed by atoms with Crippen LogP contribution in [0, 0.1) is 25.6 Å². The van der Waals surface area contributed by atoms with Crippen LogP contribution >= 0.6 is 0 Å². The van der Waals surface area contributed by atoms with Crippen LogP contribution in [0.15, 0.2) is 36.9 Å². The van der Waals surface area contributed by atoms with E-state index in [9.17, 15) is 19.7 Å². The monoisotopic (exact) mass is 542 g/mol. The van der Waals surface area contributed by atoms with Gasteiger partial charge in [-0.25, -0.2) is 4.79 Å². The van der Waals surface area contributed by atoms with Gasteiger partial charge >= 0.3 is 5.97 Å². The summed E-state index contributed by atoms with van der Waals surface area (Å²) >= 11 is 0. The molecule has 0 aliphatic carbocycles. The van der Waals surface area contributed by atoms with Crippen molar-refractivity contribution < 1.29 is 33.6 Å². The zero-order valence-corrected chi connectivity index (χ0v) is 23.4. The maximum atomic E-state index is 13.0. The minimum atomic E-state index is -1.53. The van der Waals surface area contributed by atoms with Gasteiger partial charge in [0.05, 0.1) is 42.5 Å². The van der Waals surface area contributed by atoms with Gasteiger partial charge in [0.2, 0.25) is 6.10 Å². The molecule has 38 heavy (non-hydrogen) atoms. The highest BCUT2D eigenvalue weighted by Crippen LogP contribution is 2.28. The summed E-state index contributed by atoms with van der Waals surface area (Å²) in [6.45, 7) is 16.6. The zero-order chi connectivity index (χ0) is 29.9. The molecule has 0 fully saturated rings. The number of hydrogen-bond donors (Lipinski definition) is 2. The molecule has 0 heterocycles. The third-order valence-electron chi connectivity index (χ3n) is 4.23. The van der Waals surface area contributed by atoms with Crippen molar-refractivity contribution in [2.24, 2.45) is 11.1 Å². The molecule has 1 rings (SSSR count). The minimum absolute atomic E-state index is 0.0416. The largest absolute Gasteiger partial charge is 0.444 e. The summed E-state index contributed by atoms with van der Waals surface area (Å²) in [5, 5.41) is 22.9. The Labute approximate surface area is 224 Å². The van der Waals surface area contributed by atoms with E-state index in [-0.39, 0.29) is 23.3 Å². The molecule has 0 spiro atoms. The quantitative estimate of drug-likeness (QED) is 0.116. The van der Waals surface area contributed by atoms with Gasteiger partial charge in [0.1, 0.15) is 0 Å². The number of nitro groups is 2. The van der Waals surface area contributed by atoms with Crippen molar-refractivity contribution in [1.82, 2.24) is 5.32 Å². The molecule has 0 radical (unpaired) electrons. The molecule has 13 nitrogen and oxygen atoms in total. The van der Waals surface area contributed by atoms with E-state index in [1.54, 1.807) is 13.8 Å². The van der Waals surface area contributed by atoms with Crippen LogP contribution in [0.5, 0.6) is 0 Å². The highest BCUT2D eigenvalue weighted by molar-refractivity contribution is 5.89. The average molecular weight is 543 g/mol. The molecule has 1 atom stereocenters. The molecule has 1 unspecified atom stereocenters. The number of carbonyl (C=O) groups is 2. The van der Waals surface area contributed by atoms with Crippen LogP contribution < -0.4 is 11.1 Å². The Morgan fingerprint density at radius 1 is 1.08 bits per heavy atom. The molecule has 0 saturated heterocycles. The second kappa shape index (κ2) is 18.8. The lowest BCUT2D eigenvalue weighted by molar-refractivity contribution is -0.445. The molecular formula is C25H42N4O9. The fraction of sp³-hybridized carbons (Fsp3) is 0.600. The lowest BCUT2D eigenvalue weighted by Gasteiger charge is -2.31. The Hall–Kier alpha value is -3.42. The van der Waals surface area contributed by atoms with E-state index in [2.05, 4.69) is 11.9 Å². The predicted octanol–water partition coefficient (Wildman–Crippen LogP) is 3.20. The number of amides is 1. The number of nitrogens with one attached hydrogen (secondary N) is 1. The molecule has 3 N–H and O–H groups in total. The summed E-state index contributed by atoms with van der Waals surface area (Å²) in [6, 6.07) is 5.59. The topological polar surface area (TPSA) is 186 Å². The summed E-state index contributed by atoms with van der Waals surface area (Å²) in [5.74, 6) is -1.59. The highest BCUT2D eigenvalue weighted by atomic mass is 16.6. The van der Waals surface area contributed by atoms with Gasteiger partial charge in [-0.3, -0.25) is 25.0 Å². The summed E-state index contributed by atoms with van der Waals surface area (Å²) in [5.41, 5.74) is 3.93. The molecule has 0 aliphatic rings. The standard InChI is InChI=1S/C22H33N3O7.C2H6.CH3NO2/c1-6-18(26)32-19(16-9-7-8-10-17(16)25(28)29)20(27)24-22(4,5)15-31-14-21(2,3)13-30-12-11-23;1-2;1-2(3)4/h6-10,19H,1,11-15,23H2,2-5H3,(H,24,27);1-2H3;1H3. The third kappa shape index (κ3) is 16.3. The van der Waals surface area contributed by atoms with Crippen LogP contribution in [0.3, 0.4) is 0 Å². The van der Waals surface area contributed by atoms with Crippen molar-refractivity contribution in [3.8, 4) is 0 Å². The van der Waals surface area contributed by atoms with Crippen LogP contribution in [0.1, 0.15) is 53.2 Å². The van der Waals surface area contributed by atoms with E-state index >= 15 is 0 Å². The number of carbonyl (C=O) groups excluding carboxylic acids is 2. The molecule has 1 amide bonds. The smallest absolute Gasteiger partial charge is 0.331 e. The lowest BCUT2D eigenvalue weighted by atomic mass is 9.96. The molecule has 0 saturated carbocycles. The Morgan fingerprint density at radius 2 is 1.61 bits per heavy atom. The summed E-state index contributed by atoms with van der Waals surface area (Å²) in [4.78, 5) is 43.9. The number of nitrogens with two attached hydrogens (primary N) is 1. The Morgan fingerprint density at radius 3 is 2.11 bits per heavy atom. The van der Waals surface area contributed by atoms with Crippen molar-refractivity contribution in [3.63, 3.8) is 0 Å². The fourth-order valence-corrected chi connectivity index (χ4v) is 2.79. The first-order valence-electron chi connectivity index (χ1n) is 12.0. The highest BCUT2D eigenvalue weighted by Gasteiger charge is 2.34. The van der Waals surface area contributed by atoms with Crippen molar-refractivity contribution in [2.45, 2.75) is 53.2 Å². The van der Waals surface area contributed by atoms with Crippen LogP contribution in [-0.4, -0.2) is 67.3 Å². The van der Waals surface area contributed by atoms with Crippen LogP contribution in [0.4, 0.5) is 5.69 Å². The Kier molecular flexibility index (Phi) is 18.1. The van der Waals surface area contributed by atoms with E-state index in [1.165, 1.54) is 24.3 Å². The molecule has 0 bridgehead atoms. The normalized spacial score (nSPS) is 11.5. The number of rotatable bonds is 14. The number of nitro benzene ring substituents is 1. The number of para-hydroxylation sites is 1. The van der Waals surface area contributed by atoms with Crippen LogP contribution in [0.2, 0.25) is 0 Å². The van der Waals surface area contributed by atoms with E-state index < -0.39 is 33.4 Å². The summed E-state index contributed by atoms with van der Waals surface area (Å²) < 4.78 is 16.4. The molecule has 1 aromatic rings. The van der Waals surface area contributed by atoms with Crippen LogP contribution in [-0.2, 0) is 23.8 Å². The van der Waals surface area contributed by atoms with Gasteiger partial charge in [-0.15, -0.1) is 0 Å². The number of nitrogens with zero attached hydrogens (tertiary/aromatic N) is 2. The van der Waals surface area contributed by atoms with Gasteiger partial charge in [-0.05, 0) is 19.9 Å². The number of ether oxygens (including phenoxy) is 3.